The summed E-state index contributed by atoms with van der Waals surface area (Å²) in [5, 5.41) is 17.0. The van der Waals surface area contributed by atoms with Crippen LogP contribution < -0.4 is 10.1 Å². The van der Waals surface area contributed by atoms with Crippen molar-refractivity contribution < 1.29 is 32.2 Å². The van der Waals surface area contributed by atoms with E-state index < -0.39 is 29.7 Å². The van der Waals surface area contributed by atoms with E-state index in [2.05, 4.69) is 67.1 Å². The summed E-state index contributed by atoms with van der Waals surface area (Å²) in [5.74, 6) is 1.32. The molecular formula is C48H44F3N9O4S. The maximum Gasteiger partial charge on any atom is 0.416 e. The number of ether oxygens (including phenoxy) is 2. The number of aryl methyl sites for hydroxylation is 1. The zero-order valence-electron chi connectivity index (χ0n) is 35.6. The number of halogens is 3. The Morgan fingerprint density at radius 2 is 1.62 bits per heavy atom. The van der Waals surface area contributed by atoms with Gasteiger partial charge in [-0.15, -0.1) is 22.0 Å². The number of imidazole rings is 2. The number of carbonyl (C=O) groups is 2. The number of hydrogen-bond donors (Lipinski definition) is 4. The van der Waals surface area contributed by atoms with E-state index in [-0.39, 0.29) is 29.7 Å². The van der Waals surface area contributed by atoms with Gasteiger partial charge in [-0.1, -0.05) is 73.7 Å². The number of tetrazole rings is 1. The van der Waals surface area contributed by atoms with E-state index in [1.165, 1.54) is 12.1 Å². The van der Waals surface area contributed by atoms with Crippen molar-refractivity contribution in [2.24, 2.45) is 0 Å². The zero-order valence-corrected chi connectivity index (χ0v) is 36.4. The molecule has 0 bridgehead atoms. The Labute approximate surface area is 376 Å². The first-order valence-corrected chi connectivity index (χ1v) is 21.9. The molecule has 332 valence electrons. The van der Waals surface area contributed by atoms with E-state index >= 15 is 0 Å². The van der Waals surface area contributed by atoms with Gasteiger partial charge in [0.2, 0.25) is 5.82 Å². The molecule has 3 aromatic heterocycles. The van der Waals surface area contributed by atoms with E-state index in [1.807, 2.05) is 49.4 Å². The molecule has 8 rings (SSSR count). The third kappa shape index (κ3) is 10.6. The molecule has 0 aliphatic rings. The van der Waals surface area contributed by atoms with Gasteiger partial charge in [0.25, 0.3) is 5.91 Å². The van der Waals surface area contributed by atoms with E-state index in [9.17, 15) is 22.8 Å². The molecule has 0 spiro atoms. The van der Waals surface area contributed by atoms with E-state index in [4.69, 9.17) is 19.4 Å². The number of fused-ring (bicyclic) bond motifs is 1. The van der Waals surface area contributed by atoms with Gasteiger partial charge >= 0.3 is 12.1 Å². The van der Waals surface area contributed by atoms with E-state index in [0.717, 1.165) is 68.1 Å². The van der Waals surface area contributed by atoms with Gasteiger partial charge in [0.05, 0.1) is 34.1 Å². The highest BCUT2D eigenvalue weighted by atomic mass is 32.2. The van der Waals surface area contributed by atoms with Crippen LogP contribution in [0.3, 0.4) is 0 Å². The van der Waals surface area contributed by atoms with Crippen LogP contribution in [-0.4, -0.2) is 59.0 Å². The molecule has 0 fully saturated rings. The van der Waals surface area contributed by atoms with Crippen molar-refractivity contribution in [2.75, 3.05) is 6.61 Å². The lowest BCUT2D eigenvalue weighted by atomic mass is 9.97. The summed E-state index contributed by atoms with van der Waals surface area (Å²) in [7, 11) is 0. The first-order chi connectivity index (χ1) is 31.4. The molecule has 0 aliphatic heterocycles. The number of nitrogens with zero attached hydrogens (tertiary/aromatic N) is 5. The van der Waals surface area contributed by atoms with Crippen molar-refractivity contribution in [3.05, 3.63) is 161 Å². The number of aromatic amines is 3. The number of nitrogens with one attached hydrogen (secondary N) is 4. The maximum absolute atomic E-state index is 13.3. The van der Waals surface area contributed by atoms with Gasteiger partial charge in [-0.2, -0.15) is 18.4 Å². The fourth-order valence-corrected chi connectivity index (χ4v) is 8.55. The lowest BCUT2D eigenvalue weighted by Gasteiger charge is -2.17. The van der Waals surface area contributed by atoms with Crippen LogP contribution >= 0.6 is 11.8 Å². The number of alkyl halides is 3. The number of amides is 1. The molecule has 5 aromatic carbocycles. The molecule has 8 aromatic rings. The first kappa shape index (κ1) is 44.3. The lowest BCUT2D eigenvalue weighted by Crippen LogP contribution is -2.23. The number of esters is 1. The summed E-state index contributed by atoms with van der Waals surface area (Å²) in [4.78, 5) is 43.3. The molecule has 0 radical (unpaired) electrons. The fourth-order valence-electron chi connectivity index (χ4n) is 7.33. The molecular weight excluding hydrogens is 856 g/mol. The quantitative estimate of drug-likeness (QED) is 0.0508. The number of benzene rings is 5. The highest BCUT2D eigenvalue weighted by molar-refractivity contribution is 7.99. The number of rotatable bonds is 17. The second-order valence-electron chi connectivity index (χ2n) is 15.2. The topological polar surface area (TPSA) is 176 Å². The number of carbonyl (C=O) groups excluding carboxylic acids is 2. The predicted molar refractivity (Wildman–Crippen MR) is 240 cm³/mol. The Hall–Kier alpha value is -7.27. The average Bonchev–Trinajstić information content (AvgIpc) is 4.10. The molecule has 2 unspecified atom stereocenters. The molecule has 65 heavy (non-hydrogen) atoms. The molecule has 4 N–H and O–H groups in total. The van der Waals surface area contributed by atoms with Crippen molar-refractivity contribution >= 4 is 34.7 Å². The number of H-pyrrole nitrogens is 3. The van der Waals surface area contributed by atoms with Crippen LogP contribution in [0, 0.1) is 0 Å². The van der Waals surface area contributed by atoms with Crippen molar-refractivity contribution in [1.29, 1.82) is 0 Å². The van der Waals surface area contributed by atoms with Gasteiger partial charge < -0.3 is 24.8 Å². The minimum Gasteiger partial charge on any atom is -0.483 e. The molecule has 3 heterocycles. The number of thioether (sulfide) groups is 1. The monoisotopic (exact) mass is 899 g/mol. The van der Waals surface area contributed by atoms with Crippen molar-refractivity contribution in [3.63, 3.8) is 0 Å². The first-order valence-electron chi connectivity index (χ1n) is 21.0. The molecule has 13 nitrogen and oxygen atoms in total. The molecule has 0 aliphatic carbocycles. The van der Waals surface area contributed by atoms with Crippen LogP contribution in [0.5, 0.6) is 5.75 Å². The summed E-state index contributed by atoms with van der Waals surface area (Å²) in [6.07, 6.45) is -2.92. The fraction of sp³-hybridized carbons (Fsp3) is 0.229. The molecule has 0 saturated heterocycles. The van der Waals surface area contributed by atoms with Gasteiger partial charge in [0, 0.05) is 29.0 Å². The third-order valence-electron chi connectivity index (χ3n) is 10.5. The van der Waals surface area contributed by atoms with Crippen LogP contribution in [0.15, 0.2) is 120 Å². The summed E-state index contributed by atoms with van der Waals surface area (Å²) in [6.45, 7) is 6.06. The number of hydrogen-bond acceptors (Lipinski definition) is 10. The Kier molecular flexibility index (Phi) is 13.4. The Balaban J connectivity index is 0.983. The van der Waals surface area contributed by atoms with Crippen LogP contribution in [-0.2, 0) is 30.3 Å². The van der Waals surface area contributed by atoms with E-state index in [1.54, 1.807) is 43.0 Å². The van der Waals surface area contributed by atoms with Crippen LogP contribution in [0.4, 0.5) is 13.2 Å². The van der Waals surface area contributed by atoms with Crippen LogP contribution in [0.2, 0.25) is 0 Å². The summed E-state index contributed by atoms with van der Waals surface area (Å²) >= 11 is 1.60. The minimum atomic E-state index is -4.54. The van der Waals surface area contributed by atoms with Gasteiger partial charge in [-0.05, 0) is 103 Å². The summed E-state index contributed by atoms with van der Waals surface area (Å²) in [5.41, 5.74) is 6.18. The molecule has 1 amide bonds. The highest BCUT2D eigenvalue weighted by Gasteiger charge is 2.31. The predicted octanol–water partition coefficient (Wildman–Crippen LogP) is 10.4. The summed E-state index contributed by atoms with van der Waals surface area (Å²) in [6, 6.07) is 33.6. The van der Waals surface area contributed by atoms with Gasteiger partial charge in [0.1, 0.15) is 17.4 Å². The van der Waals surface area contributed by atoms with Crippen LogP contribution in [0.1, 0.15) is 93.4 Å². The third-order valence-corrected chi connectivity index (χ3v) is 11.7. The number of aromatic nitrogens is 8. The van der Waals surface area contributed by atoms with Gasteiger partial charge in [-0.25, -0.2) is 14.8 Å². The summed E-state index contributed by atoms with van der Waals surface area (Å²) < 4.78 is 51.1. The molecule has 17 heteroatoms. The van der Waals surface area contributed by atoms with E-state index in [0.29, 0.717) is 35.9 Å². The van der Waals surface area contributed by atoms with Crippen molar-refractivity contribution in [3.8, 4) is 28.3 Å². The van der Waals surface area contributed by atoms with Crippen LogP contribution in [0.25, 0.3) is 33.5 Å². The largest absolute Gasteiger partial charge is 0.483 e. The Bertz CT molecular complexity index is 2900. The average molecular weight is 900 g/mol. The second-order valence-corrected chi connectivity index (χ2v) is 16.4. The molecule has 0 saturated carbocycles. The standard InChI is InChI=1S/C48H44F3N9O4S/c1-4-9-41-55-42(43(56-41)47(62)63-5-2)40(24-29-14-18-31(19-15-29)36-12-6-7-13-37(36)45-57-59-60-58-45)65-35-22-23-38-39(26-35)54-44(53-38)28(3)64-34-20-16-30(17-21-34)27-52-46(61)32-10-8-11-33(25-32)48(49,50)51/h6-8,10-23,25-26,28,40H,4-5,9,24,27H2,1-3H3,(H,52,61)(H,53,54)(H,55,56)(H,57,58,59,60). The maximum atomic E-state index is 13.3. The van der Waals surface area contributed by atoms with Gasteiger partial charge in [0.15, 0.2) is 11.8 Å². The normalized spacial score (nSPS) is 12.5. The minimum absolute atomic E-state index is 0.0740. The second kappa shape index (κ2) is 19.6. The van der Waals surface area contributed by atoms with Gasteiger partial charge in [-0.3, -0.25) is 4.79 Å². The molecule has 2 atom stereocenters. The Morgan fingerprint density at radius 3 is 2.34 bits per heavy atom. The zero-order chi connectivity index (χ0) is 45.5. The SMILES string of the molecule is CCCc1nc(C(=O)OCC)c(C(Cc2ccc(-c3ccccc3-c3nn[nH]n3)cc2)Sc2ccc3nc(C(C)Oc4ccc(CNC(=O)c5cccc(C(F)(F)F)c5)cc4)[nH]c3c2)[nH]1. The highest BCUT2D eigenvalue weighted by Crippen LogP contribution is 2.41. The van der Waals surface area contributed by atoms with Crippen molar-refractivity contribution in [2.45, 2.75) is 69.0 Å². The van der Waals surface area contributed by atoms with Crippen molar-refractivity contribution in [1.82, 2.24) is 45.9 Å². The lowest BCUT2D eigenvalue weighted by molar-refractivity contribution is -0.137. The smallest absolute Gasteiger partial charge is 0.416 e. The Morgan fingerprint density at radius 1 is 0.846 bits per heavy atom.